The molecule has 0 aliphatic rings. The molecule has 0 saturated heterocycles. The van der Waals surface area contributed by atoms with Crippen LogP contribution in [0.15, 0.2) is 10.9 Å². The number of aryl methyl sites for hydroxylation is 4. The van der Waals surface area contributed by atoms with Gasteiger partial charge in [0, 0.05) is 17.8 Å². The summed E-state index contributed by atoms with van der Waals surface area (Å²) in [6.45, 7) is 7.93. The Balaban J connectivity index is 2.08. The maximum atomic E-state index is 12.4. The fraction of sp³-hybridized carbons (Fsp3) is 0.471. The second-order valence-corrected chi connectivity index (χ2v) is 6.84. The highest BCUT2D eigenvalue weighted by atomic mass is 32.1. The molecule has 0 aliphatic carbocycles. The fourth-order valence-corrected chi connectivity index (χ4v) is 3.47. The van der Waals surface area contributed by atoms with Crippen molar-refractivity contribution in [2.24, 2.45) is 0 Å². The van der Waals surface area contributed by atoms with Gasteiger partial charge in [0.05, 0.1) is 10.7 Å². The Hall–Kier alpha value is -1.95. The van der Waals surface area contributed by atoms with E-state index in [1.54, 1.807) is 0 Å². The molecule has 2 aromatic heterocycles. The lowest BCUT2D eigenvalue weighted by Gasteiger charge is -2.07. The molecule has 0 radical (unpaired) electrons. The van der Waals surface area contributed by atoms with Crippen molar-refractivity contribution in [1.29, 1.82) is 0 Å². The molecule has 0 fully saturated rings. The molecular weight excluding hydrogens is 310 g/mol. The first-order valence-corrected chi connectivity index (χ1v) is 8.68. The Morgan fingerprint density at radius 1 is 1.35 bits per heavy atom. The van der Waals surface area contributed by atoms with Crippen molar-refractivity contribution >= 4 is 17.2 Å². The molecule has 0 unspecified atom stereocenters. The smallest absolute Gasteiger partial charge is 0.263 e. The number of carbonyl (C=O) groups excluding carboxylic acids is 1. The number of amides is 1. The van der Waals surface area contributed by atoms with E-state index in [-0.39, 0.29) is 18.0 Å². The maximum Gasteiger partial charge on any atom is 0.263 e. The Morgan fingerprint density at radius 3 is 2.74 bits per heavy atom. The molecule has 2 heterocycles. The summed E-state index contributed by atoms with van der Waals surface area (Å²) in [6, 6.07) is 1.91. The number of unbranched alkanes of at least 4 members (excludes halogenated alkanes) is 1. The number of nitrogens with zero attached hydrogens (tertiary/aromatic N) is 1. The summed E-state index contributed by atoms with van der Waals surface area (Å²) in [6.07, 6.45) is 3.09. The molecule has 23 heavy (non-hydrogen) atoms. The van der Waals surface area contributed by atoms with E-state index in [1.807, 2.05) is 26.8 Å². The lowest BCUT2D eigenvalue weighted by Crippen LogP contribution is -2.27. The average Bonchev–Trinajstić information content (AvgIpc) is 2.84. The number of aromatic nitrogens is 2. The summed E-state index contributed by atoms with van der Waals surface area (Å²) in [7, 11) is 0. The van der Waals surface area contributed by atoms with Crippen LogP contribution in [0.3, 0.4) is 0 Å². The number of hydrogen-bond acceptors (Lipinski definition) is 4. The zero-order valence-electron chi connectivity index (χ0n) is 14.1. The molecule has 0 saturated carbocycles. The zero-order valence-corrected chi connectivity index (χ0v) is 14.9. The van der Waals surface area contributed by atoms with Crippen LogP contribution in [-0.4, -0.2) is 15.9 Å². The molecule has 5 nitrogen and oxygen atoms in total. The van der Waals surface area contributed by atoms with Crippen molar-refractivity contribution < 1.29 is 4.79 Å². The number of pyridine rings is 1. The van der Waals surface area contributed by atoms with Gasteiger partial charge < -0.3 is 10.3 Å². The number of aromatic amines is 1. The van der Waals surface area contributed by atoms with Crippen molar-refractivity contribution in [3.63, 3.8) is 0 Å². The number of rotatable bonds is 6. The van der Waals surface area contributed by atoms with E-state index in [1.165, 1.54) is 11.3 Å². The largest absolute Gasteiger partial charge is 0.347 e. The summed E-state index contributed by atoms with van der Waals surface area (Å²) in [5.74, 6) is -0.165. The summed E-state index contributed by atoms with van der Waals surface area (Å²) in [4.78, 5) is 32.2. The van der Waals surface area contributed by atoms with Crippen LogP contribution >= 0.6 is 11.3 Å². The number of H-pyrrole nitrogens is 1. The topological polar surface area (TPSA) is 74.8 Å². The van der Waals surface area contributed by atoms with Crippen molar-refractivity contribution in [2.45, 2.75) is 53.5 Å². The Morgan fingerprint density at radius 2 is 2.09 bits per heavy atom. The summed E-state index contributed by atoms with van der Waals surface area (Å²) in [5, 5.41) is 3.84. The van der Waals surface area contributed by atoms with Crippen LogP contribution < -0.4 is 10.9 Å². The van der Waals surface area contributed by atoms with Gasteiger partial charge in [-0.15, -0.1) is 11.3 Å². The fourth-order valence-electron chi connectivity index (χ4n) is 2.45. The number of thiazole rings is 1. The predicted octanol–water partition coefficient (Wildman–Crippen LogP) is 3.03. The molecule has 2 aromatic rings. The monoisotopic (exact) mass is 333 g/mol. The molecule has 2 N–H and O–H groups in total. The lowest BCUT2D eigenvalue weighted by molar-refractivity contribution is 0.0954. The maximum absolute atomic E-state index is 12.4. The van der Waals surface area contributed by atoms with Crippen molar-refractivity contribution in [2.75, 3.05) is 0 Å². The number of hydrogen-bond donors (Lipinski definition) is 2. The van der Waals surface area contributed by atoms with Gasteiger partial charge in [0.1, 0.15) is 4.88 Å². The third kappa shape index (κ3) is 4.28. The number of carbonyl (C=O) groups is 1. The van der Waals surface area contributed by atoms with Crippen molar-refractivity contribution in [3.8, 4) is 0 Å². The van der Waals surface area contributed by atoms with Gasteiger partial charge in [0.15, 0.2) is 0 Å². The summed E-state index contributed by atoms with van der Waals surface area (Å²) >= 11 is 1.44. The van der Waals surface area contributed by atoms with E-state index in [0.29, 0.717) is 10.4 Å². The van der Waals surface area contributed by atoms with Gasteiger partial charge in [-0.25, -0.2) is 4.98 Å². The Kier molecular flexibility index (Phi) is 5.71. The van der Waals surface area contributed by atoms with Gasteiger partial charge in [0.25, 0.3) is 11.5 Å². The summed E-state index contributed by atoms with van der Waals surface area (Å²) in [5.41, 5.74) is 2.91. The molecule has 6 heteroatoms. The normalized spacial score (nSPS) is 10.8. The quantitative estimate of drug-likeness (QED) is 0.853. The first kappa shape index (κ1) is 17.4. The van der Waals surface area contributed by atoms with Gasteiger partial charge in [-0.3, -0.25) is 9.59 Å². The second kappa shape index (κ2) is 7.55. The molecule has 0 bridgehead atoms. The lowest BCUT2D eigenvalue weighted by atomic mass is 10.1. The van der Waals surface area contributed by atoms with E-state index >= 15 is 0 Å². The van der Waals surface area contributed by atoms with Crippen molar-refractivity contribution in [1.82, 2.24) is 15.3 Å². The Labute approximate surface area is 140 Å². The number of nitrogens with one attached hydrogen (secondary N) is 2. The van der Waals surface area contributed by atoms with Gasteiger partial charge in [0.2, 0.25) is 0 Å². The highest BCUT2D eigenvalue weighted by molar-refractivity contribution is 7.13. The van der Waals surface area contributed by atoms with Crippen LogP contribution in [0.2, 0.25) is 0 Å². The van der Waals surface area contributed by atoms with E-state index in [0.717, 1.165) is 41.2 Å². The third-order valence-electron chi connectivity index (χ3n) is 3.71. The van der Waals surface area contributed by atoms with Crippen LogP contribution in [0.5, 0.6) is 0 Å². The first-order chi connectivity index (χ1) is 10.9. The van der Waals surface area contributed by atoms with E-state index < -0.39 is 0 Å². The standard InChI is InChI=1S/C17H23N3O2S/c1-5-6-7-14-20-12(4)15(23-14)17(22)18-9-13-10(2)8-11(3)19-16(13)21/h8H,5-7,9H2,1-4H3,(H,18,22)(H,19,21). The molecule has 0 aliphatic heterocycles. The van der Waals surface area contributed by atoms with E-state index in [2.05, 4.69) is 22.2 Å². The van der Waals surface area contributed by atoms with Crippen LogP contribution in [0.1, 0.15) is 57.0 Å². The second-order valence-electron chi connectivity index (χ2n) is 5.75. The zero-order chi connectivity index (χ0) is 17.0. The van der Waals surface area contributed by atoms with Crippen LogP contribution in [0, 0.1) is 20.8 Å². The summed E-state index contributed by atoms with van der Waals surface area (Å²) < 4.78 is 0. The van der Waals surface area contributed by atoms with Gasteiger partial charge in [-0.2, -0.15) is 0 Å². The van der Waals surface area contributed by atoms with Crippen molar-refractivity contribution in [3.05, 3.63) is 48.8 Å². The molecular formula is C17H23N3O2S. The highest BCUT2D eigenvalue weighted by Gasteiger charge is 2.16. The van der Waals surface area contributed by atoms with Gasteiger partial charge in [-0.1, -0.05) is 13.3 Å². The van der Waals surface area contributed by atoms with Crippen LogP contribution in [0.25, 0.3) is 0 Å². The first-order valence-electron chi connectivity index (χ1n) is 7.86. The van der Waals surface area contributed by atoms with Crippen LogP contribution in [-0.2, 0) is 13.0 Å². The van der Waals surface area contributed by atoms with Gasteiger partial charge in [-0.05, 0) is 45.2 Å². The predicted molar refractivity (Wildman–Crippen MR) is 93.2 cm³/mol. The molecule has 2 rings (SSSR count). The molecule has 0 aromatic carbocycles. The third-order valence-corrected chi connectivity index (χ3v) is 4.93. The minimum atomic E-state index is -0.165. The molecule has 0 atom stereocenters. The minimum Gasteiger partial charge on any atom is -0.347 e. The van der Waals surface area contributed by atoms with Gasteiger partial charge >= 0.3 is 0 Å². The van der Waals surface area contributed by atoms with E-state index in [4.69, 9.17) is 0 Å². The minimum absolute atomic E-state index is 0.146. The Bertz CT molecular complexity index is 762. The molecule has 124 valence electrons. The molecule has 0 spiro atoms. The SMILES string of the molecule is CCCCc1nc(C)c(C(=O)NCc2c(C)cc(C)[nH]c2=O)s1. The molecule has 1 amide bonds. The highest BCUT2D eigenvalue weighted by Crippen LogP contribution is 2.19. The van der Waals surface area contributed by atoms with Crippen LogP contribution in [0.4, 0.5) is 0 Å². The average molecular weight is 333 g/mol. The van der Waals surface area contributed by atoms with E-state index in [9.17, 15) is 9.59 Å².